The first-order chi connectivity index (χ1) is 9.15. The van der Waals surface area contributed by atoms with Gasteiger partial charge < -0.3 is 4.84 Å². The van der Waals surface area contributed by atoms with Gasteiger partial charge in [-0.2, -0.15) is 0 Å². The van der Waals surface area contributed by atoms with Crippen LogP contribution in [-0.2, 0) is 4.84 Å². The Balaban J connectivity index is 1.96. The van der Waals surface area contributed by atoms with Gasteiger partial charge in [-0.1, -0.05) is 46.6 Å². The van der Waals surface area contributed by atoms with Gasteiger partial charge in [0.2, 0.25) is 0 Å². The highest BCUT2D eigenvalue weighted by Gasteiger charge is 2.05. The molecule has 0 saturated heterocycles. The third-order valence-electron chi connectivity index (χ3n) is 2.49. The Morgan fingerprint density at radius 1 is 1.11 bits per heavy atom. The summed E-state index contributed by atoms with van der Waals surface area (Å²) in [6.45, 7) is 1.95. The minimum absolute atomic E-state index is 0.471. The van der Waals surface area contributed by atoms with Crippen molar-refractivity contribution in [3.05, 3.63) is 70.2 Å². The Morgan fingerprint density at radius 2 is 1.74 bits per heavy atom. The lowest BCUT2D eigenvalue weighted by molar-refractivity contribution is 0.0519. The number of carbonyl (C=O) groups excluding carboxylic acids is 1. The number of oxime groups is 1. The first-order valence-electron chi connectivity index (χ1n) is 5.72. The second-order valence-electron chi connectivity index (χ2n) is 4.03. The molecule has 0 fully saturated rings. The summed E-state index contributed by atoms with van der Waals surface area (Å²) in [5, 5.41) is 4.30. The Hall–Kier alpha value is -2.13. The quantitative estimate of drug-likeness (QED) is 0.484. The van der Waals surface area contributed by atoms with E-state index < -0.39 is 5.97 Å². The van der Waals surface area contributed by atoms with Gasteiger partial charge in [0.15, 0.2) is 0 Å². The molecule has 4 heteroatoms. The number of rotatable bonds is 3. The van der Waals surface area contributed by atoms with Gasteiger partial charge in [-0.3, -0.25) is 0 Å². The van der Waals surface area contributed by atoms with Gasteiger partial charge in [-0.25, -0.2) is 4.79 Å². The summed E-state index contributed by atoms with van der Waals surface area (Å²) in [4.78, 5) is 16.4. The normalized spacial score (nSPS) is 10.6. The summed E-state index contributed by atoms with van der Waals surface area (Å²) in [6, 6.07) is 14.1. The van der Waals surface area contributed by atoms with Gasteiger partial charge in [0, 0.05) is 5.02 Å². The van der Waals surface area contributed by atoms with Crippen LogP contribution in [0.15, 0.2) is 53.7 Å². The van der Waals surface area contributed by atoms with Crippen molar-refractivity contribution in [2.75, 3.05) is 0 Å². The second-order valence-corrected chi connectivity index (χ2v) is 4.47. The van der Waals surface area contributed by atoms with Crippen molar-refractivity contribution in [1.29, 1.82) is 0 Å². The minimum Gasteiger partial charge on any atom is -0.313 e. The van der Waals surface area contributed by atoms with Crippen molar-refractivity contribution in [2.24, 2.45) is 5.16 Å². The van der Waals surface area contributed by atoms with Crippen molar-refractivity contribution < 1.29 is 9.63 Å². The maximum Gasteiger partial charge on any atom is 0.365 e. The summed E-state index contributed by atoms with van der Waals surface area (Å²) in [5.41, 5.74) is 2.36. The molecule has 0 heterocycles. The zero-order valence-electron chi connectivity index (χ0n) is 10.3. The molecule has 0 spiro atoms. The maximum absolute atomic E-state index is 11.6. The second kappa shape index (κ2) is 6.16. The highest BCUT2D eigenvalue weighted by atomic mass is 35.5. The van der Waals surface area contributed by atoms with Crippen LogP contribution < -0.4 is 0 Å². The van der Waals surface area contributed by atoms with Crippen LogP contribution in [0.4, 0.5) is 0 Å². The van der Waals surface area contributed by atoms with Crippen LogP contribution >= 0.6 is 11.6 Å². The van der Waals surface area contributed by atoms with Crippen LogP contribution in [0.3, 0.4) is 0 Å². The van der Waals surface area contributed by atoms with Crippen LogP contribution in [0.2, 0.25) is 5.02 Å². The molecule has 0 aliphatic heterocycles. The van der Waals surface area contributed by atoms with Crippen LogP contribution in [0.1, 0.15) is 21.5 Å². The van der Waals surface area contributed by atoms with Crippen LogP contribution in [-0.4, -0.2) is 12.2 Å². The minimum atomic E-state index is -0.481. The molecular formula is C15H12ClNO2. The SMILES string of the molecule is Cc1ccc(C(=O)ON=Cc2ccc(Cl)cc2)cc1. The molecule has 0 aromatic heterocycles. The molecule has 0 saturated carbocycles. The molecule has 0 unspecified atom stereocenters. The lowest BCUT2D eigenvalue weighted by atomic mass is 10.2. The Kier molecular flexibility index (Phi) is 4.31. The van der Waals surface area contributed by atoms with E-state index in [4.69, 9.17) is 16.4 Å². The molecule has 0 N–H and O–H groups in total. The summed E-state index contributed by atoms with van der Waals surface area (Å²) in [6.07, 6.45) is 1.46. The van der Waals surface area contributed by atoms with E-state index in [1.54, 1.807) is 36.4 Å². The number of benzene rings is 2. The molecule has 0 atom stereocenters. The van der Waals surface area contributed by atoms with E-state index in [1.807, 2.05) is 19.1 Å². The molecular weight excluding hydrogens is 262 g/mol. The molecule has 3 nitrogen and oxygen atoms in total. The largest absolute Gasteiger partial charge is 0.365 e. The maximum atomic E-state index is 11.6. The van der Waals surface area contributed by atoms with Crippen LogP contribution in [0.25, 0.3) is 0 Å². The van der Waals surface area contributed by atoms with Crippen molar-refractivity contribution >= 4 is 23.8 Å². The lowest BCUT2D eigenvalue weighted by Gasteiger charge is -1.98. The third kappa shape index (κ3) is 3.93. The average Bonchev–Trinajstić information content (AvgIpc) is 2.41. The van der Waals surface area contributed by atoms with Gasteiger partial charge in [0.25, 0.3) is 0 Å². The van der Waals surface area contributed by atoms with Gasteiger partial charge in [-0.15, -0.1) is 0 Å². The van der Waals surface area contributed by atoms with Crippen molar-refractivity contribution in [1.82, 2.24) is 0 Å². The molecule has 0 radical (unpaired) electrons. The van der Waals surface area contributed by atoms with E-state index in [1.165, 1.54) is 6.21 Å². The Bertz CT molecular complexity index is 589. The smallest absolute Gasteiger partial charge is 0.313 e. The Labute approximate surface area is 116 Å². The van der Waals surface area contributed by atoms with Gasteiger partial charge in [-0.05, 0) is 36.8 Å². The molecule has 96 valence electrons. The highest BCUT2D eigenvalue weighted by molar-refractivity contribution is 6.30. The topological polar surface area (TPSA) is 38.7 Å². The number of hydrogen-bond acceptors (Lipinski definition) is 3. The zero-order chi connectivity index (χ0) is 13.7. The molecule has 19 heavy (non-hydrogen) atoms. The zero-order valence-corrected chi connectivity index (χ0v) is 11.1. The number of nitrogens with zero attached hydrogens (tertiary/aromatic N) is 1. The number of carbonyl (C=O) groups is 1. The van der Waals surface area contributed by atoms with Gasteiger partial charge in [0.05, 0.1) is 11.8 Å². The number of halogens is 1. The van der Waals surface area contributed by atoms with Crippen molar-refractivity contribution in [3.8, 4) is 0 Å². The van der Waals surface area contributed by atoms with Gasteiger partial charge in [0.1, 0.15) is 0 Å². The summed E-state index contributed by atoms with van der Waals surface area (Å²) < 4.78 is 0. The monoisotopic (exact) mass is 273 g/mol. The van der Waals surface area contributed by atoms with Crippen molar-refractivity contribution in [3.63, 3.8) is 0 Å². The summed E-state index contributed by atoms with van der Waals surface area (Å²) >= 11 is 5.76. The van der Waals surface area contributed by atoms with Crippen LogP contribution in [0.5, 0.6) is 0 Å². The van der Waals surface area contributed by atoms with E-state index in [0.29, 0.717) is 10.6 Å². The number of hydrogen-bond donors (Lipinski definition) is 0. The van der Waals surface area contributed by atoms with Crippen LogP contribution in [0, 0.1) is 6.92 Å². The predicted molar refractivity (Wildman–Crippen MR) is 75.6 cm³/mol. The van der Waals surface area contributed by atoms with Crippen molar-refractivity contribution in [2.45, 2.75) is 6.92 Å². The van der Waals surface area contributed by atoms with E-state index in [2.05, 4.69) is 5.16 Å². The Morgan fingerprint density at radius 3 is 2.37 bits per heavy atom. The third-order valence-corrected chi connectivity index (χ3v) is 2.75. The molecule has 0 bridgehead atoms. The first kappa shape index (κ1) is 13.3. The number of aryl methyl sites for hydroxylation is 1. The highest BCUT2D eigenvalue weighted by Crippen LogP contribution is 2.08. The predicted octanol–water partition coefficient (Wildman–Crippen LogP) is 3.84. The molecule has 2 aromatic carbocycles. The molecule has 0 amide bonds. The fourth-order valence-electron chi connectivity index (χ4n) is 1.43. The molecule has 0 aliphatic rings. The van der Waals surface area contributed by atoms with E-state index in [-0.39, 0.29) is 0 Å². The van der Waals surface area contributed by atoms with E-state index >= 15 is 0 Å². The van der Waals surface area contributed by atoms with E-state index in [9.17, 15) is 4.79 Å². The fraction of sp³-hybridized carbons (Fsp3) is 0.0667. The first-order valence-corrected chi connectivity index (χ1v) is 6.10. The lowest BCUT2D eigenvalue weighted by Crippen LogP contribution is -2.00. The molecule has 2 rings (SSSR count). The standard InChI is InChI=1S/C15H12ClNO2/c1-11-2-6-13(7-3-11)15(18)19-17-10-12-4-8-14(16)9-5-12/h2-10H,1H3. The summed E-state index contributed by atoms with van der Waals surface area (Å²) in [5.74, 6) is -0.481. The van der Waals surface area contributed by atoms with Gasteiger partial charge >= 0.3 is 5.97 Å². The molecule has 0 aliphatic carbocycles. The average molecular weight is 274 g/mol. The fourth-order valence-corrected chi connectivity index (χ4v) is 1.55. The summed E-state index contributed by atoms with van der Waals surface area (Å²) in [7, 11) is 0. The van der Waals surface area contributed by atoms with E-state index in [0.717, 1.165) is 11.1 Å². The molecule has 2 aromatic rings.